The van der Waals surface area contributed by atoms with E-state index in [2.05, 4.69) is 29.4 Å². The van der Waals surface area contributed by atoms with Gasteiger partial charge in [-0.05, 0) is 49.4 Å². The Balaban J connectivity index is 1.40. The van der Waals surface area contributed by atoms with Gasteiger partial charge >= 0.3 is 0 Å². The fraction of sp³-hybridized carbons (Fsp3) is 0.318. The number of aryl methyl sites for hydroxylation is 2. The van der Waals surface area contributed by atoms with Gasteiger partial charge in [-0.1, -0.05) is 47.7 Å². The lowest BCUT2D eigenvalue weighted by atomic mass is 10.0. The highest BCUT2D eigenvalue weighted by Crippen LogP contribution is 2.27. The Morgan fingerprint density at radius 2 is 1.96 bits per heavy atom. The van der Waals surface area contributed by atoms with Gasteiger partial charge in [-0.15, -0.1) is 0 Å². The minimum atomic E-state index is -0.406. The Kier molecular flexibility index (Phi) is 5.39. The van der Waals surface area contributed by atoms with Crippen LogP contribution in [0.5, 0.6) is 0 Å². The van der Waals surface area contributed by atoms with E-state index in [4.69, 9.17) is 0 Å². The minimum absolute atomic E-state index is 0.0465. The smallest absolute Gasteiger partial charge is 0.248 e. The van der Waals surface area contributed by atoms with Gasteiger partial charge in [0.15, 0.2) is 5.13 Å². The molecule has 2 heterocycles. The molecule has 2 aromatic carbocycles. The molecular weight excluding hydrogens is 370 g/mol. The standard InChI is InChI=1S/C22H23N3O2S/c1-15-7-2-3-8-16(15)12-13-20(26)25-14-6-10-18(25)21(27)24-22-23-17-9-4-5-11-19(17)28-22/h2-5,7-9,11,18H,6,10,12-14H2,1H3,(H,23,24,27). The number of thiazole rings is 1. The van der Waals surface area contributed by atoms with Crippen LogP contribution >= 0.6 is 11.3 Å². The molecule has 2 amide bonds. The van der Waals surface area contributed by atoms with E-state index in [0.717, 1.165) is 16.6 Å². The number of amides is 2. The fourth-order valence-electron chi connectivity index (χ4n) is 3.73. The Bertz CT molecular complexity index is 981. The molecule has 1 fully saturated rings. The first-order valence-electron chi connectivity index (χ1n) is 9.62. The number of benzene rings is 2. The molecule has 5 nitrogen and oxygen atoms in total. The minimum Gasteiger partial charge on any atom is -0.331 e. The normalized spacial score (nSPS) is 16.5. The third-order valence-corrected chi connectivity index (χ3v) is 6.22. The number of hydrogen-bond donors (Lipinski definition) is 1. The summed E-state index contributed by atoms with van der Waals surface area (Å²) in [4.78, 5) is 31.8. The lowest BCUT2D eigenvalue weighted by molar-refractivity contribution is -0.136. The van der Waals surface area contributed by atoms with Crippen LogP contribution < -0.4 is 5.32 Å². The SMILES string of the molecule is Cc1ccccc1CCC(=O)N1CCCC1C(=O)Nc1nc2ccccc2s1. The molecule has 1 saturated heterocycles. The number of carbonyl (C=O) groups is 2. The number of hydrogen-bond acceptors (Lipinski definition) is 4. The molecule has 0 spiro atoms. The molecule has 0 aliphatic carbocycles. The van der Waals surface area contributed by atoms with Crippen LogP contribution in [0.25, 0.3) is 10.2 Å². The molecule has 1 aliphatic heterocycles. The largest absolute Gasteiger partial charge is 0.331 e. The average molecular weight is 394 g/mol. The maximum Gasteiger partial charge on any atom is 0.248 e. The van der Waals surface area contributed by atoms with Gasteiger partial charge in [0.1, 0.15) is 6.04 Å². The van der Waals surface area contributed by atoms with Crippen molar-refractivity contribution >= 4 is 38.5 Å². The first kappa shape index (κ1) is 18.6. The summed E-state index contributed by atoms with van der Waals surface area (Å²) in [6.07, 6.45) is 2.69. The monoisotopic (exact) mass is 393 g/mol. The molecule has 1 aromatic heterocycles. The van der Waals surface area contributed by atoms with E-state index >= 15 is 0 Å². The van der Waals surface area contributed by atoms with Crippen molar-refractivity contribution in [3.05, 3.63) is 59.7 Å². The molecule has 1 unspecified atom stereocenters. The maximum atomic E-state index is 12.8. The van der Waals surface area contributed by atoms with Gasteiger partial charge in [-0.3, -0.25) is 9.59 Å². The molecule has 0 radical (unpaired) electrons. The summed E-state index contributed by atoms with van der Waals surface area (Å²) in [6.45, 7) is 2.70. The van der Waals surface area contributed by atoms with Crippen molar-refractivity contribution in [1.82, 2.24) is 9.88 Å². The number of nitrogens with zero attached hydrogens (tertiary/aromatic N) is 2. The summed E-state index contributed by atoms with van der Waals surface area (Å²) in [5, 5.41) is 3.50. The topological polar surface area (TPSA) is 62.3 Å². The van der Waals surface area contributed by atoms with Crippen LogP contribution in [-0.4, -0.2) is 34.3 Å². The van der Waals surface area contributed by atoms with Crippen molar-refractivity contribution in [3.63, 3.8) is 0 Å². The summed E-state index contributed by atoms with van der Waals surface area (Å²) < 4.78 is 1.04. The Labute approximate surface area is 168 Å². The molecule has 28 heavy (non-hydrogen) atoms. The first-order valence-corrected chi connectivity index (χ1v) is 10.4. The predicted octanol–water partition coefficient (Wildman–Crippen LogP) is 4.17. The van der Waals surface area contributed by atoms with Crippen molar-refractivity contribution in [2.45, 2.75) is 38.6 Å². The third-order valence-electron chi connectivity index (χ3n) is 5.27. The molecule has 1 N–H and O–H groups in total. The summed E-state index contributed by atoms with van der Waals surface area (Å²) in [7, 11) is 0. The Hall–Kier alpha value is -2.73. The second-order valence-corrected chi connectivity index (χ2v) is 8.18. The van der Waals surface area contributed by atoms with Gasteiger partial charge in [0, 0.05) is 13.0 Å². The summed E-state index contributed by atoms with van der Waals surface area (Å²) >= 11 is 1.46. The number of aromatic nitrogens is 1. The zero-order chi connectivity index (χ0) is 19.5. The van der Waals surface area contributed by atoms with Gasteiger partial charge in [0.05, 0.1) is 10.2 Å². The number of rotatable bonds is 5. The predicted molar refractivity (Wildman–Crippen MR) is 112 cm³/mol. The van der Waals surface area contributed by atoms with E-state index in [-0.39, 0.29) is 11.8 Å². The summed E-state index contributed by atoms with van der Waals surface area (Å²) in [5.41, 5.74) is 3.26. The molecule has 0 bridgehead atoms. The van der Waals surface area contributed by atoms with Crippen LogP contribution in [0.1, 0.15) is 30.4 Å². The van der Waals surface area contributed by atoms with Crippen molar-refractivity contribution in [3.8, 4) is 0 Å². The molecule has 1 aliphatic rings. The van der Waals surface area contributed by atoms with Crippen LogP contribution in [0.3, 0.4) is 0 Å². The van der Waals surface area contributed by atoms with Crippen LogP contribution in [0.2, 0.25) is 0 Å². The molecule has 4 rings (SSSR count). The van der Waals surface area contributed by atoms with Crippen molar-refractivity contribution in [2.75, 3.05) is 11.9 Å². The highest BCUT2D eigenvalue weighted by molar-refractivity contribution is 7.22. The van der Waals surface area contributed by atoms with E-state index in [0.29, 0.717) is 30.9 Å². The first-order chi connectivity index (χ1) is 13.6. The van der Waals surface area contributed by atoms with E-state index < -0.39 is 6.04 Å². The number of anilines is 1. The average Bonchev–Trinajstić information content (AvgIpc) is 3.33. The fourth-order valence-corrected chi connectivity index (χ4v) is 4.60. The molecule has 6 heteroatoms. The zero-order valence-corrected chi connectivity index (χ0v) is 16.7. The second-order valence-electron chi connectivity index (χ2n) is 7.15. The van der Waals surface area contributed by atoms with Gasteiger partial charge in [-0.2, -0.15) is 0 Å². The van der Waals surface area contributed by atoms with Crippen molar-refractivity contribution in [1.29, 1.82) is 0 Å². The van der Waals surface area contributed by atoms with Gasteiger partial charge in [-0.25, -0.2) is 4.98 Å². The highest BCUT2D eigenvalue weighted by atomic mass is 32.1. The van der Waals surface area contributed by atoms with Gasteiger partial charge < -0.3 is 10.2 Å². The van der Waals surface area contributed by atoms with Crippen LogP contribution in [0, 0.1) is 6.92 Å². The summed E-state index contributed by atoms with van der Waals surface area (Å²) in [5.74, 6) is -0.0917. The van der Waals surface area contributed by atoms with E-state index in [9.17, 15) is 9.59 Å². The van der Waals surface area contributed by atoms with Crippen LogP contribution in [0.4, 0.5) is 5.13 Å². The molecule has 1 atom stereocenters. The Morgan fingerprint density at radius 3 is 2.79 bits per heavy atom. The molecular formula is C22H23N3O2S. The number of carbonyl (C=O) groups excluding carboxylic acids is 2. The van der Waals surface area contributed by atoms with E-state index in [1.807, 2.05) is 36.4 Å². The van der Waals surface area contributed by atoms with Gasteiger partial charge in [0.25, 0.3) is 0 Å². The van der Waals surface area contributed by atoms with E-state index in [1.54, 1.807) is 4.90 Å². The van der Waals surface area contributed by atoms with Crippen LogP contribution in [0.15, 0.2) is 48.5 Å². The summed E-state index contributed by atoms with van der Waals surface area (Å²) in [6, 6.07) is 15.5. The number of fused-ring (bicyclic) bond motifs is 1. The molecule has 0 saturated carbocycles. The van der Waals surface area contributed by atoms with Gasteiger partial charge in [0.2, 0.25) is 11.8 Å². The zero-order valence-electron chi connectivity index (χ0n) is 15.9. The molecule has 3 aromatic rings. The van der Waals surface area contributed by atoms with Crippen LogP contribution in [-0.2, 0) is 16.0 Å². The lowest BCUT2D eigenvalue weighted by Gasteiger charge is -2.23. The number of likely N-dealkylation sites (tertiary alicyclic amines) is 1. The maximum absolute atomic E-state index is 12.8. The van der Waals surface area contributed by atoms with Crippen molar-refractivity contribution in [2.24, 2.45) is 0 Å². The van der Waals surface area contributed by atoms with Crippen molar-refractivity contribution < 1.29 is 9.59 Å². The van der Waals surface area contributed by atoms with E-state index in [1.165, 1.54) is 22.5 Å². The number of nitrogens with one attached hydrogen (secondary N) is 1. The quantitative estimate of drug-likeness (QED) is 0.708. The lowest BCUT2D eigenvalue weighted by Crippen LogP contribution is -2.43. The second kappa shape index (κ2) is 8.10. The third kappa shape index (κ3) is 3.92. The highest BCUT2D eigenvalue weighted by Gasteiger charge is 2.34. The Morgan fingerprint density at radius 1 is 1.18 bits per heavy atom. The number of para-hydroxylation sites is 1. The molecule has 144 valence electrons.